The molecular weight excluding hydrogens is 268 g/mol. The number of amides is 1. The van der Waals surface area contributed by atoms with Gasteiger partial charge >= 0.3 is 6.09 Å². The van der Waals surface area contributed by atoms with Crippen LogP contribution >= 0.6 is 0 Å². The highest BCUT2D eigenvalue weighted by Crippen LogP contribution is 2.21. The van der Waals surface area contributed by atoms with Gasteiger partial charge in [-0.1, -0.05) is 0 Å². The number of hydrogen-bond donors (Lipinski definition) is 0. The van der Waals surface area contributed by atoms with Crippen LogP contribution in [0.4, 0.5) is 10.6 Å². The molecule has 0 spiro atoms. The summed E-state index contributed by atoms with van der Waals surface area (Å²) in [5, 5.41) is 8.03. The van der Waals surface area contributed by atoms with E-state index in [1.54, 1.807) is 11.1 Å². The fourth-order valence-electron chi connectivity index (χ4n) is 2.43. The Bertz CT molecular complexity index is 464. The molecule has 0 saturated carbocycles. The van der Waals surface area contributed by atoms with Gasteiger partial charge in [0, 0.05) is 32.4 Å². The van der Waals surface area contributed by atoms with Gasteiger partial charge in [0.15, 0.2) is 5.82 Å². The Kier molecular flexibility index (Phi) is 4.65. The second-order valence-corrected chi connectivity index (χ2v) is 6.39. The second kappa shape index (κ2) is 6.28. The molecule has 2 heterocycles. The van der Waals surface area contributed by atoms with Crippen molar-refractivity contribution in [3.8, 4) is 0 Å². The lowest BCUT2D eigenvalue weighted by Gasteiger charge is -2.37. The molecule has 1 amide bonds. The molecule has 21 heavy (non-hydrogen) atoms. The Morgan fingerprint density at radius 1 is 1.38 bits per heavy atom. The van der Waals surface area contributed by atoms with E-state index in [2.05, 4.69) is 15.1 Å². The van der Waals surface area contributed by atoms with Crippen molar-refractivity contribution in [1.29, 1.82) is 0 Å². The van der Waals surface area contributed by atoms with Crippen molar-refractivity contribution in [3.63, 3.8) is 0 Å². The first-order valence-electron chi connectivity index (χ1n) is 7.35. The lowest BCUT2D eigenvalue weighted by Crippen LogP contribution is -2.47. The number of carbonyl (C=O) groups is 1. The summed E-state index contributed by atoms with van der Waals surface area (Å²) in [5.41, 5.74) is -0.453. The molecule has 6 nitrogen and oxygen atoms in total. The summed E-state index contributed by atoms with van der Waals surface area (Å²) < 4.78 is 5.42. The molecule has 116 valence electrons. The van der Waals surface area contributed by atoms with Crippen LogP contribution in [0.2, 0.25) is 0 Å². The number of hydrogen-bond acceptors (Lipinski definition) is 5. The van der Waals surface area contributed by atoms with Gasteiger partial charge < -0.3 is 14.5 Å². The minimum atomic E-state index is -0.453. The van der Waals surface area contributed by atoms with Crippen LogP contribution in [0.3, 0.4) is 0 Å². The SMILES string of the molecule is CN(C(=O)OC(C)(C)C)C1CCN(c2cccnn2)CC1. The van der Waals surface area contributed by atoms with Gasteiger partial charge in [0.1, 0.15) is 5.60 Å². The lowest BCUT2D eigenvalue weighted by atomic mass is 10.0. The molecule has 1 aliphatic heterocycles. The predicted octanol–water partition coefficient (Wildman–Crippen LogP) is 2.31. The quantitative estimate of drug-likeness (QED) is 0.837. The van der Waals surface area contributed by atoms with Crippen molar-refractivity contribution in [2.24, 2.45) is 0 Å². The van der Waals surface area contributed by atoms with Gasteiger partial charge in [-0.25, -0.2) is 4.79 Å². The van der Waals surface area contributed by atoms with E-state index in [4.69, 9.17) is 4.74 Å². The van der Waals surface area contributed by atoms with Crippen LogP contribution in [0.25, 0.3) is 0 Å². The summed E-state index contributed by atoms with van der Waals surface area (Å²) in [7, 11) is 1.82. The van der Waals surface area contributed by atoms with E-state index in [0.717, 1.165) is 31.7 Å². The maximum absolute atomic E-state index is 12.1. The van der Waals surface area contributed by atoms with Crippen molar-refractivity contribution >= 4 is 11.9 Å². The summed E-state index contributed by atoms with van der Waals surface area (Å²) in [4.78, 5) is 16.0. The van der Waals surface area contributed by atoms with E-state index >= 15 is 0 Å². The van der Waals surface area contributed by atoms with Crippen molar-refractivity contribution in [3.05, 3.63) is 18.3 Å². The Hall–Kier alpha value is -1.85. The number of anilines is 1. The number of rotatable bonds is 2. The van der Waals surface area contributed by atoms with Crippen LogP contribution in [0, 0.1) is 0 Å². The van der Waals surface area contributed by atoms with Crippen LogP contribution in [0.15, 0.2) is 18.3 Å². The van der Waals surface area contributed by atoms with Crippen LogP contribution in [-0.2, 0) is 4.74 Å². The van der Waals surface area contributed by atoms with E-state index in [0.29, 0.717) is 0 Å². The van der Waals surface area contributed by atoms with Gasteiger partial charge in [0.2, 0.25) is 0 Å². The first-order valence-corrected chi connectivity index (χ1v) is 7.35. The number of nitrogens with zero attached hydrogens (tertiary/aromatic N) is 4. The van der Waals surface area contributed by atoms with Crippen molar-refractivity contribution in [2.45, 2.75) is 45.3 Å². The third kappa shape index (κ3) is 4.31. The largest absolute Gasteiger partial charge is 0.444 e. The smallest absolute Gasteiger partial charge is 0.410 e. The molecule has 0 aromatic carbocycles. The zero-order valence-electron chi connectivity index (χ0n) is 13.2. The summed E-state index contributed by atoms with van der Waals surface area (Å²) >= 11 is 0. The van der Waals surface area contributed by atoms with Gasteiger partial charge in [-0.05, 0) is 45.7 Å². The molecular formula is C15H24N4O2. The highest BCUT2D eigenvalue weighted by Gasteiger charge is 2.28. The van der Waals surface area contributed by atoms with Gasteiger partial charge in [-0.3, -0.25) is 0 Å². The molecule has 0 unspecified atom stereocenters. The second-order valence-electron chi connectivity index (χ2n) is 6.39. The average molecular weight is 292 g/mol. The van der Waals surface area contributed by atoms with E-state index in [-0.39, 0.29) is 12.1 Å². The molecule has 1 aliphatic rings. The van der Waals surface area contributed by atoms with Gasteiger partial charge in [-0.15, -0.1) is 5.10 Å². The topological polar surface area (TPSA) is 58.6 Å². The minimum Gasteiger partial charge on any atom is -0.444 e. The molecule has 1 saturated heterocycles. The van der Waals surface area contributed by atoms with E-state index in [1.165, 1.54) is 0 Å². The maximum atomic E-state index is 12.1. The molecule has 1 aromatic heterocycles. The first-order chi connectivity index (χ1) is 9.87. The van der Waals surface area contributed by atoms with Crippen molar-refractivity contribution < 1.29 is 9.53 Å². The van der Waals surface area contributed by atoms with E-state index in [1.807, 2.05) is 40.0 Å². The molecule has 0 N–H and O–H groups in total. The summed E-state index contributed by atoms with van der Waals surface area (Å²) in [6.45, 7) is 7.40. The van der Waals surface area contributed by atoms with Gasteiger partial charge in [0.05, 0.1) is 0 Å². The number of carbonyl (C=O) groups excluding carboxylic acids is 1. The standard InChI is InChI=1S/C15H24N4O2/c1-15(2,3)21-14(20)18(4)12-7-10-19(11-8-12)13-6-5-9-16-17-13/h5-6,9,12H,7-8,10-11H2,1-4H3. The average Bonchev–Trinajstić information content (AvgIpc) is 2.46. The van der Waals surface area contributed by atoms with Gasteiger partial charge in [-0.2, -0.15) is 5.10 Å². The Morgan fingerprint density at radius 3 is 2.57 bits per heavy atom. The molecule has 0 bridgehead atoms. The summed E-state index contributed by atoms with van der Waals surface area (Å²) in [6.07, 6.45) is 3.24. The predicted molar refractivity (Wildman–Crippen MR) is 81.3 cm³/mol. The monoisotopic (exact) mass is 292 g/mol. The maximum Gasteiger partial charge on any atom is 0.410 e. The Balaban J connectivity index is 1.87. The molecule has 0 aliphatic carbocycles. The third-order valence-corrected chi connectivity index (χ3v) is 3.58. The fraction of sp³-hybridized carbons (Fsp3) is 0.667. The molecule has 1 aromatic rings. The minimum absolute atomic E-state index is 0.216. The fourth-order valence-corrected chi connectivity index (χ4v) is 2.43. The zero-order valence-corrected chi connectivity index (χ0v) is 13.2. The number of ether oxygens (including phenoxy) is 1. The summed E-state index contributed by atoms with van der Waals surface area (Å²) in [5.74, 6) is 0.899. The third-order valence-electron chi connectivity index (χ3n) is 3.58. The van der Waals surface area contributed by atoms with Crippen LogP contribution in [0.5, 0.6) is 0 Å². The van der Waals surface area contributed by atoms with Crippen molar-refractivity contribution in [2.75, 3.05) is 25.0 Å². The molecule has 0 atom stereocenters. The zero-order chi connectivity index (χ0) is 15.5. The Morgan fingerprint density at radius 2 is 2.05 bits per heavy atom. The van der Waals surface area contributed by atoms with Crippen molar-refractivity contribution in [1.82, 2.24) is 15.1 Å². The van der Waals surface area contributed by atoms with Crippen LogP contribution in [-0.4, -0.2) is 53.0 Å². The van der Waals surface area contributed by atoms with E-state index in [9.17, 15) is 4.79 Å². The molecule has 6 heteroatoms. The number of piperidine rings is 1. The summed E-state index contributed by atoms with van der Waals surface area (Å²) in [6, 6.07) is 4.07. The number of aromatic nitrogens is 2. The van der Waals surface area contributed by atoms with Gasteiger partial charge in [0.25, 0.3) is 0 Å². The first kappa shape index (κ1) is 15.5. The Labute approximate surface area is 126 Å². The molecule has 2 rings (SSSR count). The highest BCUT2D eigenvalue weighted by molar-refractivity contribution is 5.68. The molecule has 1 fully saturated rings. The molecule has 0 radical (unpaired) electrons. The normalized spacial score (nSPS) is 16.7. The highest BCUT2D eigenvalue weighted by atomic mass is 16.6. The van der Waals surface area contributed by atoms with Crippen LogP contribution < -0.4 is 4.90 Å². The lowest BCUT2D eigenvalue weighted by molar-refractivity contribution is 0.0201. The van der Waals surface area contributed by atoms with E-state index < -0.39 is 5.60 Å². The van der Waals surface area contributed by atoms with Crippen LogP contribution in [0.1, 0.15) is 33.6 Å².